The molecule has 0 aliphatic rings. The molecule has 0 heterocycles. The number of non-ortho nitro benzene ring substituents is 1. The molecule has 0 saturated carbocycles. The molecule has 1 N–H and O–H groups in total. The average Bonchev–Trinajstić information content (AvgIpc) is 2.41. The van der Waals surface area contributed by atoms with Crippen molar-refractivity contribution in [2.75, 3.05) is 0 Å². The number of aromatic hydroxyl groups is 1. The Labute approximate surface area is 114 Å². The van der Waals surface area contributed by atoms with E-state index in [-0.39, 0.29) is 22.1 Å². The molecule has 0 bridgehead atoms. The van der Waals surface area contributed by atoms with Crippen LogP contribution in [0.15, 0.2) is 53.4 Å². The Morgan fingerprint density at radius 2 is 1.65 bits per heavy atom. The molecule has 0 radical (unpaired) electrons. The summed E-state index contributed by atoms with van der Waals surface area (Å²) in [4.78, 5) is 9.61. The smallest absolute Gasteiger partial charge is 0.339 e. The second-order valence-electron chi connectivity index (χ2n) is 3.76. The minimum atomic E-state index is -4.16. The molecule has 2 rings (SSSR count). The van der Waals surface area contributed by atoms with E-state index in [1.165, 1.54) is 24.3 Å². The molecule has 0 amide bonds. The molecule has 7 nitrogen and oxygen atoms in total. The number of para-hydroxylation sites is 2. The van der Waals surface area contributed by atoms with E-state index in [2.05, 4.69) is 0 Å². The van der Waals surface area contributed by atoms with Crippen LogP contribution in [0.1, 0.15) is 0 Å². The third-order valence-corrected chi connectivity index (χ3v) is 3.65. The van der Waals surface area contributed by atoms with E-state index in [0.717, 1.165) is 24.3 Å². The number of nitrogens with zero attached hydrogens (tertiary/aromatic N) is 1. The summed E-state index contributed by atoms with van der Waals surface area (Å²) in [6.45, 7) is 0. The lowest BCUT2D eigenvalue weighted by molar-refractivity contribution is -0.384. The van der Waals surface area contributed by atoms with Crippen LogP contribution in [0.3, 0.4) is 0 Å². The number of hydrogen-bond acceptors (Lipinski definition) is 6. The van der Waals surface area contributed by atoms with Crippen molar-refractivity contribution < 1.29 is 22.6 Å². The molecule has 0 fully saturated rings. The lowest BCUT2D eigenvalue weighted by atomic mass is 10.3. The van der Waals surface area contributed by atoms with Gasteiger partial charge in [-0.3, -0.25) is 10.1 Å². The lowest BCUT2D eigenvalue weighted by Crippen LogP contribution is -2.09. The molecule has 20 heavy (non-hydrogen) atoms. The third-order valence-electron chi connectivity index (χ3n) is 2.40. The van der Waals surface area contributed by atoms with Gasteiger partial charge in [0.25, 0.3) is 5.69 Å². The summed E-state index contributed by atoms with van der Waals surface area (Å²) in [5.74, 6) is -0.538. The molecule has 0 saturated heterocycles. The van der Waals surface area contributed by atoms with Gasteiger partial charge in [-0.2, -0.15) is 8.42 Å². The fourth-order valence-corrected chi connectivity index (χ4v) is 2.37. The van der Waals surface area contributed by atoms with Crippen LogP contribution in [0.4, 0.5) is 5.69 Å². The first-order valence-corrected chi connectivity index (χ1v) is 6.78. The van der Waals surface area contributed by atoms with Gasteiger partial charge in [-0.25, -0.2) is 0 Å². The summed E-state index contributed by atoms with van der Waals surface area (Å²) in [5, 5.41) is 19.9. The summed E-state index contributed by atoms with van der Waals surface area (Å²) in [6, 6.07) is 9.82. The van der Waals surface area contributed by atoms with Gasteiger partial charge in [0.15, 0.2) is 11.5 Å². The molecule has 0 aliphatic carbocycles. The summed E-state index contributed by atoms with van der Waals surface area (Å²) in [5.41, 5.74) is -0.230. The Morgan fingerprint density at radius 1 is 1.05 bits per heavy atom. The summed E-state index contributed by atoms with van der Waals surface area (Å²) in [7, 11) is -4.16. The molecule has 104 valence electrons. The number of hydrogen-bond donors (Lipinski definition) is 1. The molecule has 2 aromatic rings. The highest BCUT2D eigenvalue weighted by Crippen LogP contribution is 2.28. The van der Waals surface area contributed by atoms with Crippen molar-refractivity contribution in [1.82, 2.24) is 0 Å². The maximum absolute atomic E-state index is 11.9. The van der Waals surface area contributed by atoms with E-state index in [0.29, 0.717) is 0 Å². The van der Waals surface area contributed by atoms with Gasteiger partial charge in [0, 0.05) is 12.1 Å². The van der Waals surface area contributed by atoms with Crippen molar-refractivity contribution in [3.05, 3.63) is 58.6 Å². The van der Waals surface area contributed by atoms with Gasteiger partial charge in [-0.15, -0.1) is 0 Å². The van der Waals surface area contributed by atoms with E-state index in [1.54, 1.807) is 0 Å². The average molecular weight is 295 g/mol. The molecular weight excluding hydrogens is 286 g/mol. The fourth-order valence-electron chi connectivity index (χ4n) is 1.43. The van der Waals surface area contributed by atoms with Gasteiger partial charge >= 0.3 is 10.1 Å². The second kappa shape index (κ2) is 5.17. The van der Waals surface area contributed by atoms with E-state index < -0.39 is 15.0 Å². The van der Waals surface area contributed by atoms with E-state index in [1.807, 2.05) is 0 Å². The topological polar surface area (TPSA) is 107 Å². The predicted molar refractivity (Wildman–Crippen MR) is 69.0 cm³/mol. The van der Waals surface area contributed by atoms with Gasteiger partial charge in [-0.1, -0.05) is 12.1 Å². The molecule has 0 aromatic heterocycles. The maximum atomic E-state index is 11.9. The van der Waals surface area contributed by atoms with Gasteiger partial charge in [0.2, 0.25) is 0 Å². The van der Waals surface area contributed by atoms with E-state index in [9.17, 15) is 23.6 Å². The van der Waals surface area contributed by atoms with Crippen LogP contribution in [-0.2, 0) is 10.1 Å². The van der Waals surface area contributed by atoms with Gasteiger partial charge in [0.1, 0.15) is 4.90 Å². The zero-order valence-electron chi connectivity index (χ0n) is 9.96. The Morgan fingerprint density at radius 3 is 2.20 bits per heavy atom. The van der Waals surface area contributed by atoms with Gasteiger partial charge < -0.3 is 9.29 Å². The fraction of sp³-hybridized carbons (Fsp3) is 0. The van der Waals surface area contributed by atoms with Crippen LogP contribution in [0.5, 0.6) is 11.5 Å². The minimum Gasteiger partial charge on any atom is -0.504 e. The Kier molecular flexibility index (Phi) is 3.57. The molecule has 0 spiro atoms. The zero-order chi connectivity index (χ0) is 14.8. The van der Waals surface area contributed by atoms with Crippen LogP contribution < -0.4 is 4.18 Å². The standard InChI is InChI=1S/C12H9NO6S/c14-11-3-1-2-4-12(11)19-20(17,18)10-7-5-9(6-8-10)13(15)16/h1-8,14H. The third kappa shape index (κ3) is 2.86. The van der Waals surface area contributed by atoms with Crippen molar-refractivity contribution in [3.8, 4) is 11.5 Å². The van der Waals surface area contributed by atoms with Crippen LogP contribution in [0, 0.1) is 10.1 Å². The van der Waals surface area contributed by atoms with Crippen molar-refractivity contribution in [2.45, 2.75) is 4.90 Å². The molecule has 0 aliphatic heterocycles. The monoisotopic (exact) mass is 295 g/mol. The number of phenolic OH excluding ortho intramolecular Hbond substituents is 1. The SMILES string of the molecule is O=[N+]([O-])c1ccc(S(=O)(=O)Oc2ccccc2O)cc1. The number of rotatable bonds is 4. The Hall–Kier alpha value is -2.61. The van der Waals surface area contributed by atoms with Gasteiger partial charge in [0.05, 0.1) is 4.92 Å². The predicted octanol–water partition coefficient (Wildman–Crippen LogP) is 2.07. The number of benzene rings is 2. The van der Waals surface area contributed by atoms with Crippen molar-refractivity contribution in [1.29, 1.82) is 0 Å². The van der Waals surface area contributed by atoms with Crippen LogP contribution in [0.25, 0.3) is 0 Å². The molecule has 0 atom stereocenters. The molecule has 8 heteroatoms. The minimum absolute atomic E-state index is 0.217. The highest BCUT2D eigenvalue weighted by Gasteiger charge is 2.19. The van der Waals surface area contributed by atoms with Crippen molar-refractivity contribution in [3.63, 3.8) is 0 Å². The van der Waals surface area contributed by atoms with Crippen LogP contribution >= 0.6 is 0 Å². The lowest BCUT2D eigenvalue weighted by Gasteiger charge is -2.07. The number of nitro groups is 1. The summed E-state index contributed by atoms with van der Waals surface area (Å²) < 4.78 is 28.6. The van der Waals surface area contributed by atoms with E-state index in [4.69, 9.17) is 4.18 Å². The summed E-state index contributed by atoms with van der Waals surface area (Å²) in [6.07, 6.45) is 0. The largest absolute Gasteiger partial charge is 0.504 e. The highest BCUT2D eigenvalue weighted by molar-refractivity contribution is 7.87. The van der Waals surface area contributed by atoms with Crippen molar-refractivity contribution >= 4 is 15.8 Å². The summed E-state index contributed by atoms with van der Waals surface area (Å²) >= 11 is 0. The normalized spacial score (nSPS) is 11.0. The van der Waals surface area contributed by atoms with Crippen LogP contribution in [-0.4, -0.2) is 18.4 Å². The van der Waals surface area contributed by atoms with Crippen molar-refractivity contribution in [2.24, 2.45) is 0 Å². The zero-order valence-corrected chi connectivity index (χ0v) is 10.8. The highest BCUT2D eigenvalue weighted by atomic mass is 32.2. The number of nitro benzene ring substituents is 1. The number of phenols is 1. The quantitative estimate of drug-likeness (QED) is 0.525. The molecule has 0 unspecified atom stereocenters. The maximum Gasteiger partial charge on any atom is 0.339 e. The Balaban J connectivity index is 2.31. The Bertz CT molecular complexity index is 739. The first-order chi connectivity index (χ1) is 9.40. The van der Waals surface area contributed by atoms with Gasteiger partial charge in [-0.05, 0) is 24.3 Å². The first-order valence-electron chi connectivity index (χ1n) is 5.37. The molecule has 2 aromatic carbocycles. The molecular formula is C12H9NO6S. The van der Waals surface area contributed by atoms with Crippen LogP contribution in [0.2, 0.25) is 0 Å². The first kappa shape index (κ1) is 13.8. The van der Waals surface area contributed by atoms with E-state index >= 15 is 0 Å². The second-order valence-corrected chi connectivity index (χ2v) is 5.30.